The molecule has 0 fully saturated rings. The molecule has 0 unspecified atom stereocenters. The topological polar surface area (TPSA) is 59.6 Å². The first-order valence-corrected chi connectivity index (χ1v) is 7.81. The Bertz CT molecular complexity index is 693. The zero-order chi connectivity index (χ0) is 18.1. The van der Waals surface area contributed by atoms with Crippen LogP contribution in [0.25, 0.3) is 0 Å². The van der Waals surface area contributed by atoms with Gasteiger partial charge in [-0.05, 0) is 42.5 Å². The zero-order valence-corrected chi connectivity index (χ0v) is 13.9. The number of anilines is 1. The van der Waals surface area contributed by atoms with Gasteiger partial charge in [-0.25, -0.2) is 8.78 Å². The van der Waals surface area contributed by atoms with Crippen LogP contribution >= 0.6 is 0 Å². The Hall–Kier alpha value is -2.83. The molecular formula is C18H20F2N2O3. The van der Waals surface area contributed by atoms with E-state index < -0.39 is 11.6 Å². The number of halogens is 2. The van der Waals surface area contributed by atoms with Crippen molar-refractivity contribution in [2.24, 2.45) is 0 Å². The van der Waals surface area contributed by atoms with Crippen LogP contribution in [0, 0.1) is 11.6 Å². The Kier molecular flexibility index (Phi) is 7.00. The van der Waals surface area contributed by atoms with Crippen LogP contribution in [0.5, 0.6) is 11.5 Å². The monoisotopic (exact) mass is 350 g/mol. The summed E-state index contributed by atoms with van der Waals surface area (Å²) in [6.07, 6.45) is 0.210. The van der Waals surface area contributed by atoms with Crippen LogP contribution in [-0.2, 0) is 4.79 Å². The van der Waals surface area contributed by atoms with Crippen LogP contribution in [0.1, 0.15) is 6.42 Å². The summed E-state index contributed by atoms with van der Waals surface area (Å²) in [7, 11) is 1.59. The van der Waals surface area contributed by atoms with Gasteiger partial charge in [-0.15, -0.1) is 0 Å². The van der Waals surface area contributed by atoms with Gasteiger partial charge in [0.1, 0.15) is 18.1 Å². The van der Waals surface area contributed by atoms with Crippen LogP contribution in [-0.4, -0.2) is 32.7 Å². The number of nitrogens with one attached hydrogen (secondary N) is 2. The summed E-state index contributed by atoms with van der Waals surface area (Å²) < 4.78 is 36.4. The minimum Gasteiger partial charge on any atom is -0.497 e. The number of hydrogen-bond acceptors (Lipinski definition) is 4. The molecule has 2 N–H and O–H groups in total. The van der Waals surface area contributed by atoms with Gasteiger partial charge in [-0.3, -0.25) is 4.79 Å². The van der Waals surface area contributed by atoms with E-state index >= 15 is 0 Å². The third-order valence-electron chi connectivity index (χ3n) is 3.35. The first kappa shape index (κ1) is 18.5. The fourth-order valence-corrected chi connectivity index (χ4v) is 2.05. The minimum atomic E-state index is -0.926. The molecule has 1 amide bonds. The molecule has 0 aliphatic rings. The molecule has 134 valence electrons. The highest BCUT2D eigenvalue weighted by Crippen LogP contribution is 2.16. The molecule has 0 saturated heterocycles. The fraction of sp³-hybridized carbons (Fsp3) is 0.278. The number of rotatable bonds is 9. The predicted molar refractivity (Wildman–Crippen MR) is 91.0 cm³/mol. The highest BCUT2D eigenvalue weighted by molar-refractivity contribution is 5.76. The van der Waals surface area contributed by atoms with E-state index in [1.807, 2.05) is 0 Å². The third-order valence-corrected chi connectivity index (χ3v) is 3.35. The number of carbonyl (C=O) groups excluding carboxylic acids is 1. The summed E-state index contributed by atoms with van der Waals surface area (Å²) in [6, 6.07) is 10.7. The van der Waals surface area contributed by atoms with E-state index in [2.05, 4.69) is 10.6 Å². The van der Waals surface area contributed by atoms with E-state index in [1.54, 1.807) is 31.4 Å². The molecular weight excluding hydrogens is 330 g/mol. The van der Waals surface area contributed by atoms with E-state index in [9.17, 15) is 13.6 Å². The Morgan fingerprint density at radius 2 is 1.72 bits per heavy atom. The molecule has 0 saturated carbocycles. The second-order valence-electron chi connectivity index (χ2n) is 5.18. The van der Waals surface area contributed by atoms with E-state index in [0.717, 1.165) is 17.9 Å². The number of benzene rings is 2. The molecule has 25 heavy (non-hydrogen) atoms. The Morgan fingerprint density at radius 1 is 1.00 bits per heavy atom. The summed E-state index contributed by atoms with van der Waals surface area (Å²) in [6.45, 7) is 1.03. The Balaban J connectivity index is 1.59. The van der Waals surface area contributed by atoms with Gasteiger partial charge >= 0.3 is 0 Å². The minimum absolute atomic E-state index is 0.159. The van der Waals surface area contributed by atoms with Crippen molar-refractivity contribution in [2.45, 2.75) is 6.42 Å². The van der Waals surface area contributed by atoms with Gasteiger partial charge in [0.05, 0.1) is 13.7 Å². The van der Waals surface area contributed by atoms with Gasteiger partial charge in [0.25, 0.3) is 0 Å². The van der Waals surface area contributed by atoms with Crippen molar-refractivity contribution >= 4 is 11.6 Å². The zero-order valence-electron chi connectivity index (χ0n) is 13.9. The summed E-state index contributed by atoms with van der Waals surface area (Å²) in [5.41, 5.74) is 0.425. The fourth-order valence-electron chi connectivity index (χ4n) is 2.05. The van der Waals surface area contributed by atoms with Crippen molar-refractivity contribution in [2.75, 3.05) is 32.1 Å². The average molecular weight is 350 g/mol. The molecule has 7 heteroatoms. The van der Waals surface area contributed by atoms with Crippen molar-refractivity contribution < 1.29 is 23.0 Å². The van der Waals surface area contributed by atoms with E-state index in [1.165, 1.54) is 6.07 Å². The van der Waals surface area contributed by atoms with Crippen LogP contribution in [0.15, 0.2) is 42.5 Å². The second kappa shape index (κ2) is 9.46. The molecule has 0 heterocycles. The molecule has 0 aliphatic carbocycles. The van der Waals surface area contributed by atoms with Gasteiger partial charge in [0.2, 0.25) is 5.91 Å². The molecule has 0 radical (unpaired) electrons. The highest BCUT2D eigenvalue weighted by atomic mass is 19.2. The third kappa shape index (κ3) is 6.29. The van der Waals surface area contributed by atoms with E-state index in [-0.39, 0.29) is 12.3 Å². The first-order valence-electron chi connectivity index (χ1n) is 7.81. The van der Waals surface area contributed by atoms with Gasteiger partial charge in [-0.2, -0.15) is 0 Å². The number of methoxy groups -OCH3 is 1. The lowest BCUT2D eigenvalue weighted by molar-refractivity contribution is -0.120. The standard InChI is InChI=1S/C18H20F2N2O3/c1-24-14-3-5-15(6-4-14)25-11-10-22-18(23)8-9-21-13-2-7-16(19)17(20)12-13/h2-7,12,21H,8-11H2,1H3,(H,22,23). The molecule has 5 nitrogen and oxygen atoms in total. The largest absolute Gasteiger partial charge is 0.497 e. The lowest BCUT2D eigenvalue weighted by Crippen LogP contribution is -2.29. The summed E-state index contributed by atoms with van der Waals surface area (Å²) in [5, 5.41) is 5.58. The van der Waals surface area contributed by atoms with E-state index in [0.29, 0.717) is 31.1 Å². The molecule has 2 rings (SSSR count). The van der Waals surface area contributed by atoms with Crippen molar-refractivity contribution in [1.82, 2.24) is 5.32 Å². The van der Waals surface area contributed by atoms with Crippen molar-refractivity contribution in [3.63, 3.8) is 0 Å². The number of carbonyl (C=O) groups is 1. The molecule has 2 aromatic carbocycles. The predicted octanol–water partition coefficient (Wildman–Crippen LogP) is 2.97. The highest BCUT2D eigenvalue weighted by Gasteiger charge is 2.04. The maximum Gasteiger partial charge on any atom is 0.221 e. The van der Waals surface area contributed by atoms with Crippen molar-refractivity contribution in [1.29, 1.82) is 0 Å². The maximum atomic E-state index is 13.0. The van der Waals surface area contributed by atoms with Crippen LogP contribution < -0.4 is 20.1 Å². The average Bonchev–Trinajstić information content (AvgIpc) is 2.62. The van der Waals surface area contributed by atoms with Gasteiger partial charge in [0.15, 0.2) is 11.6 Å². The number of amides is 1. The van der Waals surface area contributed by atoms with Crippen molar-refractivity contribution in [3.8, 4) is 11.5 Å². The normalized spacial score (nSPS) is 10.2. The second-order valence-corrected chi connectivity index (χ2v) is 5.18. The molecule has 0 atom stereocenters. The first-order chi connectivity index (χ1) is 12.1. The maximum absolute atomic E-state index is 13.0. The summed E-state index contributed by atoms with van der Waals surface area (Å²) in [5.74, 6) is -0.553. The van der Waals surface area contributed by atoms with Crippen LogP contribution in [0.3, 0.4) is 0 Å². The Morgan fingerprint density at radius 3 is 2.40 bits per heavy atom. The summed E-state index contributed by atoms with van der Waals surface area (Å²) in [4.78, 5) is 11.7. The lowest BCUT2D eigenvalue weighted by Gasteiger charge is -2.09. The van der Waals surface area contributed by atoms with Crippen LogP contribution in [0.4, 0.5) is 14.5 Å². The van der Waals surface area contributed by atoms with Crippen LogP contribution in [0.2, 0.25) is 0 Å². The van der Waals surface area contributed by atoms with E-state index in [4.69, 9.17) is 9.47 Å². The molecule has 0 aromatic heterocycles. The number of hydrogen-bond donors (Lipinski definition) is 2. The lowest BCUT2D eigenvalue weighted by atomic mass is 10.3. The van der Waals surface area contributed by atoms with Gasteiger partial charge < -0.3 is 20.1 Å². The molecule has 0 bridgehead atoms. The Labute approximate surface area is 144 Å². The molecule has 2 aromatic rings. The molecule has 0 spiro atoms. The summed E-state index contributed by atoms with van der Waals surface area (Å²) >= 11 is 0. The number of ether oxygens (including phenoxy) is 2. The smallest absolute Gasteiger partial charge is 0.221 e. The SMILES string of the molecule is COc1ccc(OCCNC(=O)CCNc2ccc(F)c(F)c2)cc1. The quantitative estimate of drug-likeness (QED) is 0.683. The van der Waals surface area contributed by atoms with Gasteiger partial charge in [-0.1, -0.05) is 0 Å². The van der Waals surface area contributed by atoms with Gasteiger partial charge in [0, 0.05) is 18.7 Å². The molecule has 0 aliphatic heterocycles. The van der Waals surface area contributed by atoms with Crippen molar-refractivity contribution in [3.05, 3.63) is 54.1 Å².